The molecule has 6 nitrogen and oxygen atoms in total. The molecule has 506 valence electrons. The van der Waals surface area contributed by atoms with Gasteiger partial charge in [-0.2, -0.15) is 0 Å². The Morgan fingerprint density at radius 1 is 0.318 bits per heavy atom. The average molecular weight is 1200 g/mol. The Kier molecular flexibility index (Phi) is 73.8. The molecule has 1 amide bonds. The normalized spacial score (nSPS) is 12.5. The van der Waals surface area contributed by atoms with Crippen LogP contribution in [0.15, 0.2) is 12.2 Å². The number of amides is 1. The van der Waals surface area contributed by atoms with Gasteiger partial charge in [-0.3, -0.25) is 9.59 Å². The van der Waals surface area contributed by atoms with Crippen molar-refractivity contribution in [2.45, 2.75) is 469 Å². The van der Waals surface area contributed by atoms with Crippen LogP contribution in [0.5, 0.6) is 0 Å². The van der Waals surface area contributed by atoms with Gasteiger partial charge < -0.3 is 20.3 Å². The fourth-order valence-electron chi connectivity index (χ4n) is 12.8. The average Bonchev–Trinajstić information content (AvgIpc) is 3.54. The minimum atomic E-state index is -0.840. The number of hydrogen-bond donors (Lipinski definition) is 3. The number of carbonyl (C=O) groups excluding carboxylic acids is 2. The van der Waals surface area contributed by atoms with Crippen molar-refractivity contribution in [1.29, 1.82) is 0 Å². The molecule has 0 rings (SSSR count). The predicted octanol–water partition coefficient (Wildman–Crippen LogP) is 25.9. The highest BCUT2D eigenvalue weighted by molar-refractivity contribution is 5.76. The van der Waals surface area contributed by atoms with E-state index in [-0.39, 0.29) is 18.5 Å². The van der Waals surface area contributed by atoms with Crippen LogP contribution >= 0.6 is 0 Å². The van der Waals surface area contributed by atoms with Gasteiger partial charge in [0.2, 0.25) is 5.91 Å². The maximum atomic E-state index is 12.5. The van der Waals surface area contributed by atoms with Gasteiger partial charge in [0.25, 0.3) is 0 Å². The molecule has 0 fully saturated rings. The first kappa shape index (κ1) is 83.6. The van der Waals surface area contributed by atoms with Crippen LogP contribution < -0.4 is 5.32 Å². The van der Waals surface area contributed by atoms with Crippen LogP contribution in [0.1, 0.15) is 457 Å². The highest BCUT2D eigenvalue weighted by Crippen LogP contribution is 2.20. The largest absolute Gasteiger partial charge is 0.466 e. The van der Waals surface area contributed by atoms with E-state index in [1.807, 2.05) is 6.08 Å². The zero-order chi connectivity index (χ0) is 61.3. The van der Waals surface area contributed by atoms with Crippen molar-refractivity contribution in [3.05, 3.63) is 12.2 Å². The summed E-state index contributed by atoms with van der Waals surface area (Å²) in [6.45, 7) is 4.96. The standard InChI is InChI=1S/C79H155NO5/c1-3-5-7-9-11-13-15-17-18-19-41-44-48-51-55-59-63-67-71-77(82)76(75-81)80-78(83)72-68-64-60-56-52-49-45-42-39-37-35-33-31-29-27-25-23-21-20-22-24-26-28-30-32-34-36-38-40-43-46-50-54-58-62-66-70-74-85-79(84)73-69-65-61-57-53-47-16-14-12-10-8-6-4-2/h67,71,76-77,81-82H,3-66,68-70,72-75H2,1-2H3,(H,80,83)/b71-67+. The highest BCUT2D eigenvalue weighted by Gasteiger charge is 2.18. The number of ether oxygens (including phenoxy) is 1. The molecule has 0 aromatic carbocycles. The molecule has 0 aromatic rings. The Labute approximate surface area is 533 Å². The van der Waals surface area contributed by atoms with E-state index in [2.05, 4.69) is 19.2 Å². The molecule has 0 saturated heterocycles. The Balaban J connectivity index is 3.31. The summed E-state index contributed by atoms with van der Waals surface area (Å²) in [5, 5.41) is 23.2. The molecule has 3 N–H and O–H groups in total. The number of allylic oxidation sites excluding steroid dienone is 1. The summed E-state index contributed by atoms with van der Waals surface area (Å²) in [6.07, 6.45) is 94.9. The molecule has 0 bridgehead atoms. The fraction of sp³-hybridized carbons (Fsp3) is 0.949. The number of esters is 1. The van der Waals surface area contributed by atoms with Crippen molar-refractivity contribution < 1.29 is 24.5 Å². The second-order valence-corrected chi connectivity index (χ2v) is 27.4. The van der Waals surface area contributed by atoms with E-state index in [1.165, 1.54) is 392 Å². The molecule has 0 aromatic heterocycles. The molecule has 0 aliphatic heterocycles. The highest BCUT2D eigenvalue weighted by atomic mass is 16.5. The van der Waals surface area contributed by atoms with E-state index in [4.69, 9.17) is 4.74 Å². The van der Waals surface area contributed by atoms with Gasteiger partial charge in [-0.15, -0.1) is 0 Å². The smallest absolute Gasteiger partial charge is 0.305 e. The van der Waals surface area contributed by atoms with E-state index in [1.54, 1.807) is 6.08 Å². The van der Waals surface area contributed by atoms with Crippen molar-refractivity contribution in [2.75, 3.05) is 13.2 Å². The van der Waals surface area contributed by atoms with Gasteiger partial charge in [0.15, 0.2) is 0 Å². The molecular formula is C79H155NO5. The lowest BCUT2D eigenvalue weighted by Gasteiger charge is -2.20. The summed E-state index contributed by atoms with van der Waals surface area (Å²) < 4.78 is 5.50. The molecule has 0 saturated carbocycles. The number of carbonyl (C=O) groups is 2. The number of unbranched alkanes of at least 4 members (excludes halogenated alkanes) is 64. The molecule has 0 spiro atoms. The van der Waals surface area contributed by atoms with Crippen molar-refractivity contribution in [1.82, 2.24) is 5.32 Å². The molecular weight excluding hydrogens is 1040 g/mol. The lowest BCUT2D eigenvalue weighted by Crippen LogP contribution is -2.45. The SMILES string of the molecule is CCCCCCCCCCCCCCCCCC/C=C/C(O)C(CO)NC(=O)CCCCCCCCCCCCCCCCCCCCCCCCCCCCCCCCCCCCCCCOC(=O)CCCCCCCCCCCCCCC. The van der Waals surface area contributed by atoms with Gasteiger partial charge in [-0.1, -0.05) is 424 Å². The second kappa shape index (κ2) is 75.1. The minimum Gasteiger partial charge on any atom is -0.466 e. The van der Waals surface area contributed by atoms with Crippen molar-refractivity contribution >= 4 is 11.9 Å². The fourth-order valence-corrected chi connectivity index (χ4v) is 12.8. The summed E-state index contributed by atoms with van der Waals surface area (Å²) in [5.74, 6) is -0.0320. The summed E-state index contributed by atoms with van der Waals surface area (Å²) in [4.78, 5) is 24.6. The summed E-state index contributed by atoms with van der Waals surface area (Å²) in [7, 11) is 0. The predicted molar refractivity (Wildman–Crippen MR) is 375 cm³/mol. The third kappa shape index (κ3) is 71.6. The summed E-state index contributed by atoms with van der Waals surface area (Å²) in [5.41, 5.74) is 0. The van der Waals surface area contributed by atoms with E-state index in [9.17, 15) is 19.8 Å². The summed E-state index contributed by atoms with van der Waals surface area (Å²) in [6, 6.07) is -0.623. The number of aliphatic hydroxyl groups excluding tert-OH is 2. The van der Waals surface area contributed by atoms with Gasteiger partial charge >= 0.3 is 5.97 Å². The quantitative estimate of drug-likeness (QED) is 0.0320. The number of aliphatic hydroxyl groups is 2. The van der Waals surface area contributed by atoms with Gasteiger partial charge in [-0.05, 0) is 32.1 Å². The van der Waals surface area contributed by atoms with Crippen LogP contribution in [0.25, 0.3) is 0 Å². The molecule has 2 unspecified atom stereocenters. The Morgan fingerprint density at radius 3 is 0.800 bits per heavy atom. The van der Waals surface area contributed by atoms with Gasteiger partial charge in [0.05, 0.1) is 25.4 Å². The zero-order valence-electron chi connectivity index (χ0n) is 58.1. The lowest BCUT2D eigenvalue weighted by molar-refractivity contribution is -0.143. The van der Waals surface area contributed by atoms with Crippen molar-refractivity contribution in [3.8, 4) is 0 Å². The zero-order valence-corrected chi connectivity index (χ0v) is 58.1. The molecule has 6 heteroatoms. The number of rotatable bonds is 75. The second-order valence-electron chi connectivity index (χ2n) is 27.4. The van der Waals surface area contributed by atoms with E-state index >= 15 is 0 Å². The first-order valence-corrected chi connectivity index (χ1v) is 39.5. The summed E-state index contributed by atoms with van der Waals surface area (Å²) >= 11 is 0. The molecule has 2 atom stereocenters. The first-order valence-electron chi connectivity index (χ1n) is 39.5. The van der Waals surface area contributed by atoms with Crippen LogP contribution in [0.3, 0.4) is 0 Å². The van der Waals surface area contributed by atoms with Crippen LogP contribution in [-0.2, 0) is 14.3 Å². The third-order valence-corrected chi connectivity index (χ3v) is 18.8. The Bertz CT molecular complexity index is 1290. The van der Waals surface area contributed by atoms with Crippen molar-refractivity contribution in [2.24, 2.45) is 0 Å². The maximum Gasteiger partial charge on any atom is 0.305 e. The van der Waals surface area contributed by atoms with E-state index < -0.39 is 12.1 Å². The van der Waals surface area contributed by atoms with Gasteiger partial charge in [0, 0.05) is 12.8 Å². The number of nitrogens with one attached hydrogen (secondary N) is 1. The van der Waals surface area contributed by atoms with Crippen LogP contribution in [0.4, 0.5) is 0 Å². The molecule has 0 radical (unpaired) electrons. The van der Waals surface area contributed by atoms with Crippen LogP contribution in [0.2, 0.25) is 0 Å². The van der Waals surface area contributed by atoms with Crippen molar-refractivity contribution in [3.63, 3.8) is 0 Å². The van der Waals surface area contributed by atoms with Gasteiger partial charge in [-0.25, -0.2) is 0 Å². The maximum absolute atomic E-state index is 12.5. The Hall–Kier alpha value is -1.40. The van der Waals surface area contributed by atoms with Crippen LogP contribution in [0, 0.1) is 0 Å². The van der Waals surface area contributed by atoms with E-state index in [0.29, 0.717) is 19.4 Å². The molecule has 0 heterocycles. The van der Waals surface area contributed by atoms with Crippen LogP contribution in [-0.4, -0.2) is 47.4 Å². The monoisotopic (exact) mass is 1200 g/mol. The first-order chi connectivity index (χ1) is 42.0. The van der Waals surface area contributed by atoms with E-state index in [0.717, 1.165) is 38.5 Å². The third-order valence-electron chi connectivity index (χ3n) is 18.8. The minimum absolute atomic E-state index is 0.0258. The lowest BCUT2D eigenvalue weighted by atomic mass is 10.0. The Morgan fingerprint density at radius 2 is 0.541 bits per heavy atom. The topological polar surface area (TPSA) is 95.9 Å². The number of hydrogen-bond acceptors (Lipinski definition) is 5. The molecule has 85 heavy (non-hydrogen) atoms. The molecule has 0 aliphatic rings. The van der Waals surface area contributed by atoms with Gasteiger partial charge in [0.1, 0.15) is 0 Å². The molecule has 0 aliphatic carbocycles.